The molecule has 25 heavy (non-hydrogen) atoms. The van der Waals surface area contributed by atoms with Gasteiger partial charge in [0.25, 0.3) is 5.56 Å². The Kier molecular flexibility index (Phi) is 5.48. The van der Waals surface area contributed by atoms with E-state index in [0.29, 0.717) is 22.3 Å². The maximum atomic E-state index is 12.7. The molecular formula is C17H18BrN3O3S. The van der Waals surface area contributed by atoms with E-state index in [4.69, 9.17) is 4.74 Å². The van der Waals surface area contributed by atoms with Crippen molar-refractivity contribution in [3.8, 4) is 5.75 Å². The zero-order valence-corrected chi connectivity index (χ0v) is 16.3. The van der Waals surface area contributed by atoms with Crippen LogP contribution in [-0.2, 0) is 4.79 Å². The van der Waals surface area contributed by atoms with Crippen molar-refractivity contribution in [2.45, 2.75) is 30.8 Å². The number of H-pyrrole nitrogens is 1. The first-order valence-electron chi connectivity index (χ1n) is 7.93. The molecule has 132 valence electrons. The fourth-order valence-corrected chi connectivity index (χ4v) is 3.96. The van der Waals surface area contributed by atoms with Crippen LogP contribution >= 0.6 is 27.7 Å². The number of carbonyl (C=O) groups excluding carboxylic acids is 1. The summed E-state index contributed by atoms with van der Waals surface area (Å²) in [5.41, 5.74) is 1.03. The van der Waals surface area contributed by atoms with Crippen molar-refractivity contribution in [3.63, 3.8) is 0 Å². The normalized spacial score (nSPS) is 16.3. The number of ether oxygens (including phenoxy) is 1. The molecule has 0 saturated carbocycles. The van der Waals surface area contributed by atoms with E-state index in [0.717, 1.165) is 22.2 Å². The SMILES string of the molecule is CCCSc1nc2c(c(=O)[nH]1)[C@H](c1cc(Br)ccc1OC)CC(=O)N2. The molecule has 1 aliphatic heterocycles. The molecule has 3 rings (SSSR count). The van der Waals surface area contributed by atoms with E-state index in [1.165, 1.54) is 11.8 Å². The van der Waals surface area contributed by atoms with Crippen molar-refractivity contribution in [2.75, 3.05) is 18.2 Å². The van der Waals surface area contributed by atoms with Gasteiger partial charge in [0.05, 0.1) is 12.7 Å². The Hall–Kier alpha value is -1.80. The minimum absolute atomic E-state index is 0.163. The molecule has 0 fully saturated rings. The Bertz CT molecular complexity index is 869. The van der Waals surface area contributed by atoms with Gasteiger partial charge in [0.2, 0.25) is 5.91 Å². The topological polar surface area (TPSA) is 84.1 Å². The number of aromatic nitrogens is 2. The van der Waals surface area contributed by atoms with Crippen LogP contribution in [0.3, 0.4) is 0 Å². The number of hydrogen-bond acceptors (Lipinski definition) is 5. The first-order valence-corrected chi connectivity index (χ1v) is 9.71. The Morgan fingerprint density at radius 1 is 1.40 bits per heavy atom. The summed E-state index contributed by atoms with van der Waals surface area (Å²) in [7, 11) is 1.57. The van der Waals surface area contributed by atoms with Gasteiger partial charge >= 0.3 is 0 Å². The van der Waals surface area contributed by atoms with Crippen LogP contribution in [-0.4, -0.2) is 28.7 Å². The van der Waals surface area contributed by atoms with Crippen molar-refractivity contribution in [1.82, 2.24) is 9.97 Å². The molecule has 0 bridgehead atoms. The molecule has 2 N–H and O–H groups in total. The zero-order valence-electron chi connectivity index (χ0n) is 13.9. The molecule has 0 spiro atoms. The number of benzene rings is 1. The third-order valence-electron chi connectivity index (χ3n) is 3.94. The second-order valence-electron chi connectivity index (χ2n) is 5.67. The van der Waals surface area contributed by atoms with Crippen molar-refractivity contribution < 1.29 is 9.53 Å². The average Bonchev–Trinajstić information content (AvgIpc) is 2.58. The molecule has 2 heterocycles. The van der Waals surface area contributed by atoms with Crippen molar-refractivity contribution in [1.29, 1.82) is 0 Å². The Morgan fingerprint density at radius 2 is 2.20 bits per heavy atom. The molecule has 0 saturated heterocycles. The molecule has 1 aromatic heterocycles. The number of aromatic amines is 1. The number of hydrogen-bond donors (Lipinski definition) is 2. The molecule has 8 heteroatoms. The van der Waals surface area contributed by atoms with E-state index in [1.54, 1.807) is 7.11 Å². The number of nitrogens with zero attached hydrogens (tertiary/aromatic N) is 1. The highest BCUT2D eigenvalue weighted by Gasteiger charge is 2.32. The maximum absolute atomic E-state index is 12.7. The summed E-state index contributed by atoms with van der Waals surface area (Å²) in [6.07, 6.45) is 1.14. The number of nitrogens with one attached hydrogen (secondary N) is 2. The Labute approximate surface area is 157 Å². The number of anilines is 1. The number of fused-ring (bicyclic) bond motifs is 1. The third-order valence-corrected chi connectivity index (χ3v) is 5.51. The van der Waals surface area contributed by atoms with Gasteiger partial charge in [-0.1, -0.05) is 34.6 Å². The van der Waals surface area contributed by atoms with Gasteiger partial charge in [-0.05, 0) is 24.6 Å². The fraction of sp³-hybridized carbons (Fsp3) is 0.353. The van der Waals surface area contributed by atoms with Gasteiger partial charge in [-0.25, -0.2) is 4.98 Å². The van der Waals surface area contributed by atoms with E-state index in [-0.39, 0.29) is 17.9 Å². The van der Waals surface area contributed by atoms with Gasteiger partial charge in [0, 0.05) is 28.1 Å². The molecule has 1 atom stereocenters. The van der Waals surface area contributed by atoms with Crippen LogP contribution in [0.5, 0.6) is 5.75 Å². The van der Waals surface area contributed by atoms with Crippen molar-refractivity contribution in [2.24, 2.45) is 0 Å². The first-order chi connectivity index (χ1) is 12.0. The molecular weight excluding hydrogens is 406 g/mol. The van der Waals surface area contributed by atoms with E-state index in [9.17, 15) is 9.59 Å². The van der Waals surface area contributed by atoms with Crippen LogP contribution in [0.1, 0.15) is 36.8 Å². The summed E-state index contributed by atoms with van der Waals surface area (Å²) in [5, 5.41) is 3.25. The number of carbonyl (C=O) groups is 1. The van der Waals surface area contributed by atoms with Crippen LogP contribution in [0.4, 0.5) is 5.82 Å². The summed E-state index contributed by atoms with van der Waals surface area (Å²) in [4.78, 5) is 32.2. The largest absolute Gasteiger partial charge is 0.496 e. The lowest BCUT2D eigenvalue weighted by Crippen LogP contribution is -2.31. The molecule has 0 aliphatic carbocycles. The summed E-state index contributed by atoms with van der Waals surface area (Å²) in [6, 6.07) is 5.56. The van der Waals surface area contributed by atoms with E-state index in [1.807, 2.05) is 18.2 Å². The highest BCUT2D eigenvalue weighted by Crippen LogP contribution is 2.39. The first kappa shape index (κ1) is 18.0. The van der Waals surface area contributed by atoms with Gasteiger partial charge in [0.15, 0.2) is 5.16 Å². The predicted molar refractivity (Wildman–Crippen MR) is 102 cm³/mol. The number of thioether (sulfide) groups is 1. The van der Waals surface area contributed by atoms with Crippen molar-refractivity contribution >= 4 is 39.4 Å². The van der Waals surface area contributed by atoms with Crippen molar-refractivity contribution in [3.05, 3.63) is 44.2 Å². The van der Waals surface area contributed by atoms with Crippen LogP contribution in [0.15, 0.2) is 32.6 Å². The summed E-state index contributed by atoms with van der Waals surface area (Å²) < 4.78 is 6.29. The smallest absolute Gasteiger partial charge is 0.257 e. The second-order valence-corrected chi connectivity index (χ2v) is 7.67. The average molecular weight is 424 g/mol. The van der Waals surface area contributed by atoms with Gasteiger partial charge in [-0.2, -0.15) is 0 Å². The Balaban J connectivity index is 2.12. The van der Waals surface area contributed by atoms with Crippen LogP contribution in [0.25, 0.3) is 0 Å². The lowest BCUT2D eigenvalue weighted by molar-refractivity contribution is -0.116. The van der Waals surface area contributed by atoms with Gasteiger partial charge in [0.1, 0.15) is 11.6 Å². The monoisotopic (exact) mass is 423 g/mol. The quantitative estimate of drug-likeness (QED) is 0.567. The second kappa shape index (κ2) is 7.61. The van der Waals surface area contributed by atoms with Gasteiger partial charge in [-0.15, -0.1) is 0 Å². The van der Waals surface area contributed by atoms with Gasteiger partial charge in [-0.3, -0.25) is 9.59 Å². The highest BCUT2D eigenvalue weighted by molar-refractivity contribution is 9.10. The fourth-order valence-electron chi connectivity index (χ4n) is 2.86. The minimum Gasteiger partial charge on any atom is -0.496 e. The molecule has 0 radical (unpaired) electrons. The molecule has 6 nitrogen and oxygen atoms in total. The van der Waals surface area contributed by atoms with Crippen LogP contribution in [0, 0.1) is 0 Å². The number of amides is 1. The predicted octanol–water partition coefficient (Wildman–Crippen LogP) is 3.52. The summed E-state index contributed by atoms with van der Waals surface area (Å²) in [5.74, 6) is 1.25. The molecule has 0 unspecified atom stereocenters. The summed E-state index contributed by atoms with van der Waals surface area (Å²) in [6.45, 7) is 2.06. The molecule has 1 amide bonds. The van der Waals surface area contributed by atoms with E-state index in [2.05, 4.69) is 38.1 Å². The standard InChI is InChI=1S/C17H18BrN3O3S/c1-3-6-25-17-20-15-14(16(23)21-17)11(8-13(22)19-15)10-7-9(18)4-5-12(10)24-2/h4-5,7,11H,3,6,8H2,1-2H3,(H2,19,20,21,22,23)/t11-/m0/s1. The number of methoxy groups -OCH3 is 1. The molecule has 2 aromatic rings. The number of halogens is 1. The van der Waals surface area contributed by atoms with Gasteiger partial charge < -0.3 is 15.0 Å². The lowest BCUT2D eigenvalue weighted by Gasteiger charge is -2.25. The van der Waals surface area contributed by atoms with Crippen LogP contribution in [0.2, 0.25) is 0 Å². The molecule has 1 aliphatic rings. The minimum atomic E-state index is -0.405. The molecule has 1 aromatic carbocycles. The van der Waals surface area contributed by atoms with E-state index >= 15 is 0 Å². The maximum Gasteiger partial charge on any atom is 0.257 e. The van der Waals surface area contributed by atoms with Crippen LogP contribution < -0.4 is 15.6 Å². The Morgan fingerprint density at radius 3 is 2.92 bits per heavy atom. The zero-order chi connectivity index (χ0) is 18.0. The lowest BCUT2D eigenvalue weighted by atomic mass is 9.86. The highest BCUT2D eigenvalue weighted by atomic mass is 79.9. The third kappa shape index (κ3) is 3.74. The summed E-state index contributed by atoms with van der Waals surface area (Å²) >= 11 is 4.91. The number of rotatable bonds is 5. The van der Waals surface area contributed by atoms with E-state index < -0.39 is 5.92 Å².